The van der Waals surface area contributed by atoms with E-state index < -0.39 is 5.97 Å². The molecule has 4 heteroatoms. The van der Waals surface area contributed by atoms with Crippen molar-refractivity contribution in [1.29, 1.82) is 0 Å². The second kappa shape index (κ2) is 4.39. The molecule has 0 unspecified atom stereocenters. The predicted molar refractivity (Wildman–Crippen MR) is 74.0 cm³/mol. The fourth-order valence-corrected chi connectivity index (χ4v) is 2.44. The number of carbonyl (C=O) groups is 1. The fraction of sp³-hybridized carbons (Fsp3) is 0.200. The van der Waals surface area contributed by atoms with Crippen molar-refractivity contribution in [2.24, 2.45) is 7.05 Å². The van der Waals surface area contributed by atoms with Crippen LogP contribution in [0.15, 0.2) is 36.4 Å². The Labute approximate surface area is 110 Å². The first-order valence-electron chi connectivity index (χ1n) is 6.23. The van der Waals surface area contributed by atoms with Gasteiger partial charge in [-0.2, -0.15) is 5.10 Å². The van der Waals surface area contributed by atoms with E-state index in [0.29, 0.717) is 5.56 Å². The van der Waals surface area contributed by atoms with E-state index in [-0.39, 0.29) is 0 Å². The lowest BCUT2D eigenvalue weighted by atomic mass is 9.99. The maximum absolute atomic E-state index is 11.1. The maximum Gasteiger partial charge on any atom is 0.335 e. The number of carboxylic acid groups (broad SMARTS) is 1. The van der Waals surface area contributed by atoms with E-state index in [1.807, 2.05) is 19.2 Å². The van der Waals surface area contributed by atoms with Crippen LogP contribution < -0.4 is 0 Å². The van der Waals surface area contributed by atoms with Crippen LogP contribution in [0.4, 0.5) is 0 Å². The Bertz CT molecular complexity index is 723. The highest BCUT2D eigenvalue weighted by Crippen LogP contribution is 2.29. The molecular formula is C15H14N2O2. The summed E-state index contributed by atoms with van der Waals surface area (Å²) in [5.41, 5.74) is 3.31. The Morgan fingerprint density at radius 1 is 1.42 bits per heavy atom. The number of allylic oxidation sites excluding steroid dienone is 4. The van der Waals surface area contributed by atoms with Gasteiger partial charge in [-0.15, -0.1) is 0 Å². The molecule has 3 rings (SSSR count). The summed E-state index contributed by atoms with van der Waals surface area (Å²) in [6, 6.07) is 5.14. The van der Waals surface area contributed by atoms with Gasteiger partial charge in [-0.05, 0) is 36.6 Å². The molecule has 19 heavy (non-hydrogen) atoms. The molecule has 1 heterocycles. The summed E-state index contributed by atoms with van der Waals surface area (Å²) >= 11 is 0. The van der Waals surface area contributed by atoms with Crippen molar-refractivity contribution in [3.05, 3.63) is 47.7 Å². The molecule has 1 aromatic carbocycles. The van der Waals surface area contributed by atoms with Gasteiger partial charge in [0.15, 0.2) is 0 Å². The third-order valence-corrected chi connectivity index (χ3v) is 3.42. The van der Waals surface area contributed by atoms with Gasteiger partial charge in [0.2, 0.25) is 0 Å². The summed E-state index contributed by atoms with van der Waals surface area (Å²) in [7, 11) is 1.88. The molecule has 1 N–H and O–H groups in total. The second-order valence-electron chi connectivity index (χ2n) is 4.67. The van der Waals surface area contributed by atoms with E-state index in [1.165, 1.54) is 0 Å². The van der Waals surface area contributed by atoms with Gasteiger partial charge in [-0.3, -0.25) is 4.68 Å². The number of aryl methyl sites for hydroxylation is 1. The third kappa shape index (κ3) is 1.95. The van der Waals surface area contributed by atoms with Crippen molar-refractivity contribution < 1.29 is 9.90 Å². The van der Waals surface area contributed by atoms with E-state index in [4.69, 9.17) is 5.11 Å². The van der Waals surface area contributed by atoms with E-state index >= 15 is 0 Å². The lowest BCUT2D eigenvalue weighted by molar-refractivity contribution is 0.0697. The average Bonchev–Trinajstić information content (AvgIpc) is 2.77. The van der Waals surface area contributed by atoms with Crippen molar-refractivity contribution in [2.45, 2.75) is 12.8 Å². The SMILES string of the molecule is Cn1nc(C2=CC=CCC2)c2cc(C(=O)O)ccc21. The minimum atomic E-state index is -0.908. The molecule has 0 spiro atoms. The molecule has 0 atom stereocenters. The molecule has 4 nitrogen and oxygen atoms in total. The Morgan fingerprint density at radius 2 is 2.26 bits per heavy atom. The Balaban J connectivity index is 2.24. The van der Waals surface area contributed by atoms with Crippen molar-refractivity contribution in [1.82, 2.24) is 9.78 Å². The van der Waals surface area contributed by atoms with Gasteiger partial charge in [0.25, 0.3) is 0 Å². The van der Waals surface area contributed by atoms with Crippen LogP contribution in [0.2, 0.25) is 0 Å². The molecule has 96 valence electrons. The number of hydrogen-bond acceptors (Lipinski definition) is 2. The summed E-state index contributed by atoms with van der Waals surface area (Å²) in [5, 5.41) is 14.5. The quantitative estimate of drug-likeness (QED) is 0.896. The molecule has 0 saturated carbocycles. The zero-order valence-electron chi connectivity index (χ0n) is 10.6. The number of nitrogens with zero attached hydrogens (tertiary/aromatic N) is 2. The Kier molecular flexibility index (Phi) is 2.71. The standard InChI is InChI=1S/C15H14N2O2/c1-17-13-8-7-11(15(18)19)9-12(13)14(16-17)10-5-3-2-4-6-10/h2-3,5,7-9H,4,6H2,1H3,(H,18,19). The highest BCUT2D eigenvalue weighted by atomic mass is 16.4. The first kappa shape index (κ1) is 11.7. The largest absolute Gasteiger partial charge is 0.478 e. The summed E-state index contributed by atoms with van der Waals surface area (Å²) in [4.78, 5) is 11.1. The predicted octanol–water partition coefficient (Wildman–Crippen LogP) is 3.00. The van der Waals surface area contributed by atoms with Crippen LogP contribution in [0, 0.1) is 0 Å². The van der Waals surface area contributed by atoms with Crippen LogP contribution in [-0.2, 0) is 7.05 Å². The second-order valence-corrected chi connectivity index (χ2v) is 4.67. The number of fused-ring (bicyclic) bond motifs is 1. The highest BCUT2D eigenvalue weighted by Gasteiger charge is 2.15. The minimum Gasteiger partial charge on any atom is -0.478 e. The Morgan fingerprint density at radius 3 is 2.95 bits per heavy atom. The Hall–Kier alpha value is -2.36. The first-order chi connectivity index (χ1) is 9.16. The van der Waals surface area contributed by atoms with Crippen molar-refractivity contribution in [3.8, 4) is 0 Å². The van der Waals surface area contributed by atoms with Crippen LogP contribution in [0.3, 0.4) is 0 Å². The molecule has 0 fully saturated rings. The van der Waals surface area contributed by atoms with Gasteiger partial charge in [0.1, 0.15) is 0 Å². The molecule has 0 aliphatic heterocycles. The smallest absolute Gasteiger partial charge is 0.335 e. The number of aromatic carboxylic acids is 1. The van der Waals surface area contributed by atoms with Gasteiger partial charge in [-0.25, -0.2) is 4.79 Å². The lowest BCUT2D eigenvalue weighted by Gasteiger charge is -2.06. The normalized spacial score (nSPS) is 14.7. The van der Waals surface area contributed by atoms with Gasteiger partial charge in [0.05, 0.1) is 16.8 Å². The number of rotatable bonds is 2. The number of benzene rings is 1. The summed E-state index contributed by atoms with van der Waals surface area (Å²) < 4.78 is 1.80. The van der Waals surface area contributed by atoms with Gasteiger partial charge in [0, 0.05) is 12.4 Å². The van der Waals surface area contributed by atoms with Gasteiger partial charge >= 0.3 is 5.97 Å². The first-order valence-corrected chi connectivity index (χ1v) is 6.23. The number of carboxylic acids is 1. The molecule has 1 aliphatic carbocycles. The number of aromatic nitrogens is 2. The van der Waals surface area contributed by atoms with Gasteiger partial charge < -0.3 is 5.11 Å². The average molecular weight is 254 g/mol. The van der Waals surface area contributed by atoms with E-state index in [1.54, 1.807) is 16.8 Å². The van der Waals surface area contributed by atoms with Crippen LogP contribution in [0.5, 0.6) is 0 Å². The molecule has 0 saturated heterocycles. The molecular weight excluding hydrogens is 240 g/mol. The van der Waals surface area contributed by atoms with Crippen molar-refractivity contribution in [2.75, 3.05) is 0 Å². The highest BCUT2D eigenvalue weighted by molar-refractivity contribution is 5.97. The van der Waals surface area contributed by atoms with E-state index in [2.05, 4.69) is 17.3 Å². The van der Waals surface area contributed by atoms with Crippen LogP contribution in [0.25, 0.3) is 16.5 Å². The molecule has 1 aliphatic rings. The van der Waals surface area contributed by atoms with Crippen molar-refractivity contribution >= 4 is 22.4 Å². The summed E-state index contributed by atoms with van der Waals surface area (Å²) in [5.74, 6) is -0.908. The monoisotopic (exact) mass is 254 g/mol. The van der Waals surface area contributed by atoms with Crippen LogP contribution in [-0.4, -0.2) is 20.9 Å². The molecule has 1 aromatic heterocycles. The van der Waals surface area contributed by atoms with Crippen LogP contribution in [0.1, 0.15) is 28.9 Å². The van der Waals surface area contributed by atoms with Gasteiger partial charge in [-0.1, -0.05) is 18.2 Å². The topological polar surface area (TPSA) is 55.1 Å². The van der Waals surface area contributed by atoms with E-state index in [0.717, 1.165) is 35.0 Å². The molecule has 0 amide bonds. The number of hydrogen-bond donors (Lipinski definition) is 1. The lowest BCUT2D eigenvalue weighted by Crippen LogP contribution is -1.95. The third-order valence-electron chi connectivity index (χ3n) is 3.42. The molecule has 2 aromatic rings. The fourth-order valence-electron chi connectivity index (χ4n) is 2.44. The summed E-state index contributed by atoms with van der Waals surface area (Å²) in [6.07, 6.45) is 8.15. The van der Waals surface area contributed by atoms with Crippen molar-refractivity contribution in [3.63, 3.8) is 0 Å². The molecule has 0 bridgehead atoms. The zero-order chi connectivity index (χ0) is 13.4. The zero-order valence-corrected chi connectivity index (χ0v) is 10.6. The summed E-state index contributed by atoms with van der Waals surface area (Å²) in [6.45, 7) is 0. The molecule has 0 radical (unpaired) electrons. The van der Waals surface area contributed by atoms with Crippen LogP contribution >= 0.6 is 0 Å². The van der Waals surface area contributed by atoms with E-state index in [9.17, 15) is 4.79 Å². The maximum atomic E-state index is 11.1. The minimum absolute atomic E-state index is 0.300.